The van der Waals surface area contributed by atoms with Crippen molar-refractivity contribution in [3.8, 4) is 6.07 Å². The van der Waals surface area contributed by atoms with Crippen LogP contribution in [0, 0.1) is 23.2 Å². The van der Waals surface area contributed by atoms with E-state index in [0.29, 0.717) is 33.2 Å². The summed E-state index contributed by atoms with van der Waals surface area (Å²) in [5.41, 5.74) is 2.24. The van der Waals surface area contributed by atoms with Crippen molar-refractivity contribution < 1.29 is 0 Å². The van der Waals surface area contributed by atoms with Gasteiger partial charge in [0.1, 0.15) is 17.4 Å². The van der Waals surface area contributed by atoms with Gasteiger partial charge in [0, 0.05) is 35.7 Å². The molecule has 9 heteroatoms. The standard InChI is InChI=1S/C25H29Cl2N7/c1-15(2)32-8-4-5-17(12-32)18-13-33(14-18)23-11-29-24-22(10-28)31-34(25(24)30-23)16(3)20-7-6-19(26)9-21(20)27/h6-7,9,11,15-18H,4-5,8,12-14H2,1-3H3. The summed E-state index contributed by atoms with van der Waals surface area (Å²) in [6, 6.07) is 7.94. The fourth-order valence-electron chi connectivity index (χ4n) is 5.26. The summed E-state index contributed by atoms with van der Waals surface area (Å²) in [5.74, 6) is 2.26. The Kier molecular flexibility index (Phi) is 6.41. The first kappa shape index (κ1) is 23.3. The highest BCUT2D eigenvalue weighted by Gasteiger charge is 2.37. The first-order valence-corrected chi connectivity index (χ1v) is 12.7. The molecule has 0 amide bonds. The van der Waals surface area contributed by atoms with Crippen LogP contribution in [0.5, 0.6) is 0 Å². The second-order valence-corrected chi connectivity index (χ2v) is 10.6. The molecule has 0 radical (unpaired) electrons. The second-order valence-electron chi connectivity index (χ2n) is 9.80. The van der Waals surface area contributed by atoms with Gasteiger partial charge in [0.2, 0.25) is 0 Å². The SMILES string of the molecule is CC(C)N1CCCC(C2CN(c3cnc4c(C#N)nn(C(C)c5ccc(Cl)cc5Cl)c4n3)C2)C1. The van der Waals surface area contributed by atoms with Gasteiger partial charge in [-0.1, -0.05) is 29.3 Å². The average molecular weight is 498 g/mol. The summed E-state index contributed by atoms with van der Waals surface area (Å²) in [7, 11) is 0. The number of piperidine rings is 1. The number of nitrogens with zero attached hydrogens (tertiary/aromatic N) is 7. The fourth-order valence-corrected chi connectivity index (χ4v) is 5.83. The summed E-state index contributed by atoms with van der Waals surface area (Å²) in [6.07, 6.45) is 4.36. The molecule has 2 aliphatic rings. The molecule has 2 aromatic heterocycles. The van der Waals surface area contributed by atoms with Crippen LogP contribution in [0.15, 0.2) is 24.4 Å². The Morgan fingerprint density at radius 3 is 2.62 bits per heavy atom. The first-order chi connectivity index (χ1) is 16.4. The van der Waals surface area contributed by atoms with Crippen LogP contribution in [-0.2, 0) is 0 Å². The summed E-state index contributed by atoms with van der Waals surface area (Å²) >= 11 is 12.5. The molecule has 34 heavy (non-hydrogen) atoms. The lowest BCUT2D eigenvalue weighted by molar-refractivity contribution is 0.0963. The van der Waals surface area contributed by atoms with Gasteiger partial charge in [0.05, 0.1) is 12.2 Å². The molecule has 0 spiro atoms. The molecule has 178 valence electrons. The highest BCUT2D eigenvalue weighted by Crippen LogP contribution is 2.35. The molecule has 2 saturated heterocycles. The number of halogens is 2. The van der Waals surface area contributed by atoms with Crippen molar-refractivity contribution >= 4 is 40.2 Å². The Hall–Kier alpha value is -2.40. The smallest absolute Gasteiger partial charge is 0.190 e. The molecule has 2 unspecified atom stereocenters. The average Bonchev–Trinajstić information content (AvgIpc) is 3.16. The van der Waals surface area contributed by atoms with Crippen molar-refractivity contribution in [3.05, 3.63) is 45.7 Å². The Balaban J connectivity index is 1.39. The molecule has 0 bridgehead atoms. The van der Waals surface area contributed by atoms with E-state index in [1.54, 1.807) is 23.0 Å². The van der Waals surface area contributed by atoms with Crippen molar-refractivity contribution in [3.63, 3.8) is 0 Å². The summed E-state index contributed by atoms with van der Waals surface area (Å²) < 4.78 is 1.75. The third-order valence-electron chi connectivity index (χ3n) is 7.40. The van der Waals surface area contributed by atoms with Gasteiger partial charge in [-0.05, 0) is 69.7 Å². The van der Waals surface area contributed by atoms with Crippen LogP contribution < -0.4 is 4.90 Å². The Morgan fingerprint density at radius 1 is 1.12 bits per heavy atom. The van der Waals surface area contributed by atoms with Gasteiger partial charge >= 0.3 is 0 Å². The van der Waals surface area contributed by atoms with E-state index in [1.807, 2.05) is 13.0 Å². The summed E-state index contributed by atoms with van der Waals surface area (Å²) in [5, 5.41) is 15.3. The second kappa shape index (κ2) is 9.33. The van der Waals surface area contributed by atoms with Crippen molar-refractivity contribution in [1.82, 2.24) is 24.6 Å². The van der Waals surface area contributed by atoms with Crippen LogP contribution in [-0.4, -0.2) is 56.9 Å². The molecule has 5 rings (SSSR count). The van der Waals surface area contributed by atoms with Crippen molar-refractivity contribution in [2.75, 3.05) is 31.1 Å². The number of likely N-dealkylation sites (tertiary alicyclic amines) is 1. The molecule has 0 N–H and O–H groups in total. The van der Waals surface area contributed by atoms with E-state index < -0.39 is 0 Å². The molecule has 2 fully saturated rings. The number of hydrogen-bond donors (Lipinski definition) is 0. The fraction of sp³-hybridized carbons (Fsp3) is 0.520. The van der Waals surface area contributed by atoms with E-state index in [-0.39, 0.29) is 11.7 Å². The van der Waals surface area contributed by atoms with E-state index in [2.05, 4.69) is 39.8 Å². The Bertz CT molecular complexity index is 1240. The largest absolute Gasteiger partial charge is 0.355 e. The van der Waals surface area contributed by atoms with Crippen LogP contribution in [0.25, 0.3) is 11.2 Å². The van der Waals surface area contributed by atoms with E-state index >= 15 is 0 Å². The normalized spacial score (nSPS) is 20.5. The van der Waals surface area contributed by atoms with Crippen molar-refractivity contribution in [2.24, 2.45) is 11.8 Å². The van der Waals surface area contributed by atoms with E-state index in [9.17, 15) is 5.26 Å². The van der Waals surface area contributed by atoms with Crippen LogP contribution in [0.1, 0.15) is 50.9 Å². The topological polar surface area (TPSA) is 73.9 Å². The molecule has 2 aliphatic heterocycles. The van der Waals surface area contributed by atoms with Crippen LogP contribution in [0.2, 0.25) is 10.0 Å². The zero-order chi connectivity index (χ0) is 24.0. The van der Waals surface area contributed by atoms with E-state index in [0.717, 1.165) is 30.4 Å². The lowest BCUT2D eigenvalue weighted by Gasteiger charge is -2.47. The predicted octanol–water partition coefficient (Wildman–Crippen LogP) is 5.17. The molecular weight excluding hydrogens is 469 g/mol. The minimum atomic E-state index is -0.229. The lowest BCUT2D eigenvalue weighted by atomic mass is 9.80. The lowest BCUT2D eigenvalue weighted by Crippen LogP contribution is -2.54. The van der Waals surface area contributed by atoms with Crippen molar-refractivity contribution in [1.29, 1.82) is 5.26 Å². The van der Waals surface area contributed by atoms with Gasteiger partial charge in [-0.25, -0.2) is 14.6 Å². The number of rotatable bonds is 5. The first-order valence-electron chi connectivity index (χ1n) is 11.9. The predicted molar refractivity (Wildman–Crippen MR) is 135 cm³/mol. The van der Waals surface area contributed by atoms with Crippen LogP contribution >= 0.6 is 23.2 Å². The number of benzene rings is 1. The maximum atomic E-state index is 9.62. The third-order valence-corrected chi connectivity index (χ3v) is 7.96. The van der Waals surface area contributed by atoms with Crippen LogP contribution in [0.4, 0.5) is 5.82 Å². The molecular formula is C25H29Cl2N7. The molecule has 2 atom stereocenters. The minimum Gasteiger partial charge on any atom is -0.355 e. The number of hydrogen-bond acceptors (Lipinski definition) is 6. The zero-order valence-corrected chi connectivity index (χ0v) is 21.3. The maximum Gasteiger partial charge on any atom is 0.190 e. The zero-order valence-electron chi connectivity index (χ0n) is 19.7. The summed E-state index contributed by atoms with van der Waals surface area (Å²) in [4.78, 5) is 14.4. The molecule has 0 aliphatic carbocycles. The molecule has 3 aromatic rings. The number of aromatic nitrogens is 4. The number of nitriles is 1. The third kappa shape index (κ3) is 4.24. The van der Waals surface area contributed by atoms with Gasteiger partial charge in [-0.15, -0.1) is 0 Å². The Labute approximate surface area is 210 Å². The maximum absolute atomic E-state index is 9.62. The van der Waals surface area contributed by atoms with Gasteiger partial charge in [-0.2, -0.15) is 10.4 Å². The highest BCUT2D eigenvalue weighted by atomic mass is 35.5. The van der Waals surface area contributed by atoms with Gasteiger partial charge in [0.15, 0.2) is 11.3 Å². The van der Waals surface area contributed by atoms with Gasteiger partial charge < -0.3 is 9.80 Å². The molecule has 4 heterocycles. The van der Waals surface area contributed by atoms with Crippen molar-refractivity contribution in [2.45, 2.75) is 45.7 Å². The van der Waals surface area contributed by atoms with E-state index in [1.165, 1.54) is 25.9 Å². The summed E-state index contributed by atoms with van der Waals surface area (Å²) in [6.45, 7) is 11.0. The van der Waals surface area contributed by atoms with Crippen LogP contribution in [0.3, 0.4) is 0 Å². The van der Waals surface area contributed by atoms with E-state index in [4.69, 9.17) is 28.2 Å². The van der Waals surface area contributed by atoms with Gasteiger partial charge in [-0.3, -0.25) is 0 Å². The highest BCUT2D eigenvalue weighted by molar-refractivity contribution is 6.35. The molecule has 7 nitrogen and oxygen atoms in total. The number of anilines is 1. The molecule has 1 aromatic carbocycles. The number of fused-ring (bicyclic) bond motifs is 1. The molecule has 0 saturated carbocycles. The quantitative estimate of drug-likeness (QED) is 0.483. The Morgan fingerprint density at radius 2 is 1.91 bits per heavy atom. The van der Waals surface area contributed by atoms with Gasteiger partial charge in [0.25, 0.3) is 0 Å². The monoisotopic (exact) mass is 497 g/mol. The minimum absolute atomic E-state index is 0.229.